The van der Waals surface area contributed by atoms with E-state index in [-0.39, 0.29) is 11.1 Å². The normalized spacial score (nSPS) is 9.40. The summed E-state index contributed by atoms with van der Waals surface area (Å²) in [6.45, 7) is 1.15. The zero-order valence-corrected chi connectivity index (χ0v) is 7.65. The highest BCUT2D eigenvalue weighted by molar-refractivity contribution is 5.96. The van der Waals surface area contributed by atoms with Crippen molar-refractivity contribution in [3.05, 3.63) is 39.2 Å². The maximum atomic E-state index is 13.1. The van der Waals surface area contributed by atoms with Gasteiger partial charge in [0, 0.05) is 11.6 Å². The lowest BCUT2D eigenvalue weighted by atomic mass is 10.0. The van der Waals surface area contributed by atoms with Crippen LogP contribution in [-0.4, -0.2) is 10.7 Å². The predicted molar refractivity (Wildman–Crippen MR) is 47.8 cm³/mol. The SMILES string of the molecule is CC(=O)c1cc(F)c([N+](=O)[O-])cc1C#N. The first-order valence-corrected chi connectivity index (χ1v) is 3.86. The van der Waals surface area contributed by atoms with E-state index in [1.165, 1.54) is 0 Å². The zero-order valence-electron chi connectivity index (χ0n) is 7.65. The molecule has 0 aliphatic heterocycles. The number of carbonyl (C=O) groups is 1. The molecule has 0 N–H and O–H groups in total. The Morgan fingerprint density at radius 1 is 1.60 bits per heavy atom. The van der Waals surface area contributed by atoms with Crippen LogP contribution in [0.2, 0.25) is 0 Å². The first-order chi connectivity index (χ1) is 6.97. The van der Waals surface area contributed by atoms with Gasteiger partial charge in [0.05, 0.1) is 10.5 Å². The van der Waals surface area contributed by atoms with E-state index in [9.17, 15) is 19.3 Å². The van der Waals surface area contributed by atoms with Gasteiger partial charge in [0.1, 0.15) is 6.07 Å². The second kappa shape index (κ2) is 3.84. The monoisotopic (exact) mass is 208 g/mol. The number of benzene rings is 1. The molecule has 0 fully saturated rings. The molecule has 0 amide bonds. The van der Waals surface area contributed by atoms with Crippen LogP contribution in [0.5, 0.6) is 0 Å². The van der Waals surface area contributed by atoms with Crippen LogP contribution in [0.25, 0.3) is 0 Å². The molecule has 0 radical (unpaired) electrons. The Morgan fingerprint density at radius 2 is 2.20 bits per heavy atom. The number of ketones is 1. The van der Waals surface area contributed by atoms with E-state index in [1.807, 2.05) is 0 Å². The van der Waals surface area contributed by atoms with Crippen molar-refractivity contribution in [1.82, 2.24) is 0 Å². The third-order valence-corrected chi connectivity index (χ3v) is 1.78. The van der Waals surface area contributed by atoms with E-state index in [2.05, 4.69) is 0 Å². The fourth-order valence-electron chi connectivity index (χ4n) is 1.09. The van der Waals surface area contributed by atoms with E-state index in [0.29, 0.717) is 6.07 Å². The number of nitro benzene ring substituents is 1. The fraction of sp³-hybridized carbons (Fsp3) is 0.111. The maximum Gasteiger partial charge on any atom is 0.306 e. The van der Waals surface area contributed by atoms with Crippen LogP contribution in [0.3, 0.4) is 0 Å². The van der Waals surface area contributed by atoms with E-state index in [4.69, 9.17) is 5.26 Å². The Balaban J connectivity index is 3.51. The largest absolute Gasteiger partial charge is 0.306 e. The molecule has 1 rings (SSSR count). The summed E-state index contributed by atoms with van der Waals surface area (Å²) >= 11 is 0. The molecular formula is C9H5FN2O3. The second-order valence-electron chi connectivity index (χ2n) is 2.77. The van der Waals surface area contributed by atoms with E-state index in [1.54, 1.807) is 6.07 Å². The number of nitriles is 1. The van der Waals surface area contributed by atoms with Crippen LogP contribution >= 0.6 is 0 Å². The summed E-state index contributed by atoms with van der Waals surface area (Å²) < 4.78 is 13.1. The Hall–Kier alpha value is -2.29. The van der Waals surface area contributed by atoms with Crippen LogP contribution in [0, 0.1) is 27.3 Å². The number of carbonyl (C=O) groups excluding carboxylic acids is 1. The molecule has 0 aromatic heterocycles. The summed E-state index contributed by atoms with van der Waals surface area (Å²) in [6, 6.07) is 3.07. The van der Waals surface area contributed by atoms with Crippen LogP contribution in [-0.2, 0) is 0 Å². The molecule has 0 saturated heterocycles. The molecule has 0 unspecified atom stereocenters. The number of hydrogen-bond donors (Lipinski definition) is 0. The highest BCUT2D eigenvalue weighted by atomic mass is 19.1. The number of hydrogen-bond acceptors (Lipinski definition) is 4. The molecule has 15 heavy (non-hydrogen) atoms. The average molecular weight is 208 g/mol. The lowest BCUT2D eigenvalue weighted by Crippen LogP contribution is -2.01. The Bertz CT molecular complexity index is 491. The smallest absolute Gasteiger partial charge is 0.294 e. The third-order valence-electron chi connectivity index (χ3n) is 1.78. The van der Waals surface area contributed by atoms with Gasteiger partial charge in [0.15, 0.2) is 5.78 Å². The molecular weight excluding hydrogens is 203 g/mol. The zero-order chi connectivity index (χ0) is 11.6. The molecule has 6 heteroatoms. The Labute approximate surface area is 83.9 Å². The molecule has 5 nitrogen and oxygen atoms in total. The summed E-state index contributed by atoms with van der Waals surface area (Å²) in [5.74, 6) is -1.63. The van der Waals surface area contributed by atoms with Crippen LogP contribution in [0.1, 0.15) is 22.8 Å². The molecule has 0 aliphatic carbocycles. The minimum absolute atomic E-state index is 0.152. The van der Waals surface area contributed by atoms with Gasteiger partial charge in [0.25, 0.3) is 0 Å². The summed E-state index contributed by atoms with van der Waals surface area (Å²) in [6.07, 6.45) is 0. The lowest BCUT2D eigenvalue weighted by molar-refractivity contribution is -0.387. The highest BCUT2D eigenvalue weighted by Crippen LogP contribution is 2.22. The van der Waals surface area contributed by atoms with Gasteiger partial charge in [0.2, 0.25) is 5.82 Å². The van der Waals surface area contributed by atoms with Crippen molar-refractivity contribution in [1.29, 1.82) is 5.26 Å². The summed E-state index contributed by atoms with van der Waals surface area (Å²) in [5, 5.41) is 19.0. The first kappa shape index (κ1) is 10.8. The van der Waals surface area contributed by atoms with Crippen molar-refractivity contribution in [3.63, 3.8) is 0 Å². The standard InChI is InChI=1S/C9H5FN2O3/c1-5(13)7-3-8(10)9(12(14)15)2-6(7)4-11/h2-3H,1H3. The number of rotatable bonds is 2. The fourth-order valence-corrected chi connectivity index (χ4v) is 1.09. The first-order valence-electron chi connectivity index (χ1n) is 3.86. The van der Waals surface area contributed by atoms with E-state index in [0.717, 1.165) is 13.0 Å². The number of Topliss-reactive ketones (excluding diaryl/α,β-unsaturated/α-hetero) is 1. The quantitative estimate of drug-likeness (QED) is 0.421. The van der Waals surface area contributed by atoms with Crippen molar-refractivity contribution >= 4 is 11.5 Å². The molecule has 0 heterocycles. The molecule has 0 saturated carbocycles. The summed E-state index contributed by atoms with van der Waals surface area (Å²) in [4.78, 5) is 20.4. The molecule has 0 atom stereocenters. The van der Waals surface area contributed by atoms with Gasteiger partial charge in [-0.2, -0.15) is 9.65 Å². The average Bonchev–Trinajstić information content (AvgIpc) is 2.16. The Morgan fingerprint density at radius 3 is 2.60 bits per heavy atom. The van der Waals surface area contributed by atoms with E-state index < -0.39 is 22.2 Å². The van der Waals surface area contributed by atoms with Gasteiger partial charge >= 0.3 is 5.69 Å². The summed E-state index contributed by atoms with van der Waals surface area (Å²) in [5.41, 5.74) is -1.16. The van der Waals surface area contributed by atoms with Crippen LogP contribution in [0.15, 0.2) is 12.1 Å². The van der Waals surface area contributed by atoms with Crippen molar-refractivity contribution < 1.29 is 14.1 Å². The van der Waals surface area contributed by atoms with Crippen LogP contribution in [0.4, 0.5) is 10.1 Å². The van der Waals surface area contributed by atoms with Gasteiger partial charge in [-0.05, 0) is 13.0 Å². The summed E-state index contributed by atoms with van der Waals surface area (Å²) in [7, 11) is 0. The minimum atomic E-state index is -1.12. The van der Waals surface area contributed by atoms with Gasteiger partial charge in [-0.3, -0.25) is 14.9 Å². The minimum Gasteiger partial charge on any atom is -0.294 e. The molecule has 0 spiro atoms. The van der Waals surface area contributed by atoms with Crippen molar-refractivity contribution in [3.8, 4) is 6.07 Å². The predicted octanol–water partition coefficient (Wildman–Crippen LogP) is 1.81. The lowest BCUT2D eigenvalue weighted by Gasteiger charge is -2.00. The molecule has 1 aromatic carbocycles. The van der Waals surface area contributed by atoms with Gasteiger partial charge in [-0.15, -0.1) is 0 Å². The van der Waals surface area contributed by atoms with Crippen molar-refractivity contribution in [2.24, 2.45) is 0 Å². The van der Waals surface area contributed by atoms with Gasteiger partial charge in [-0.25, -0.2) is 0 Å². The molecule has 76 valence electrons. The Kier molecular flexibility index (Phi) is 2.76. The molecule has 1 aromatic rings. The maximum absolute atomic E-state index is 13.1. The number of nitrogens with zero attached hydrogens (tertiary/aromatic N) is 2. The topological polar surface area (TPSA) is 84.0 Å². The van der Waals surface area contributed by atoms with E-state index >= 15 is 0 Å². The van der Waals surface area contributed by atoms with Crippen molar-refractivity contribution in [2.75, 3.05) is 0 Å². The van der Waals surface area contributed by atoms with Gasteiger partial charge < -0.3 is 0 Å². The van der Waals surface area contributed by atoms with Gasteiger partial charge in [-0.1, -0.05) is 0 Å². The number of halogens is 1. The highest BCUT2D eigenvalue weighted by Gasteiger charge is 2.19. The third kappa shape index (κ3) is 1.96. The number of nitro groups is 1. The molecule has 0 aliphatic rings. The second-order valence-corrected chi connectivity index (χ2v) is 2.77. The van der Waals surface area contributed by atoms with Crippen molar-refractivity contribution in [2.45, 2.75) is 6.92 Å². The molecule has 0 bridgehead atoms. The van der Waals surface area contributed by atoms with Crippen LogP contribution < -0.4 is 0 Å².